The number of hydrogen-bond donors (Lipinski definition) is 0. The first-order chi connectivity index (χ1) is 8.95. The number of hydrogen-bond acceptors (Lipinski definition) is 3. The fourth-order valence-corrected chi connectivity index (χ4v) is 1.76. The lowest BCUT2D eigenvalue weighted by Gasteiger charge is -2.34. The Morgan fingerprint density at radius 2 is 1.79 bits per heavy atom. The summed E-state index contributed by atoms with van der Waals surface area (Å²) < 4.78 is 62.4. The van der Waals surface area contributed by atoms with E-state index < -0.39 is 41.2 Å². The molecule has 1 aromatic carbocycles. The minimum atomic E-state index is -1.63. The SMILES string of the molecule is CCOC1C(=O)CC1Oc1c(F)c(F)cc(F)c1F. The summed E-state index contributed by atoms with van der Waals surface area (Å²) in [7, 11) is 0. The van der Waals surface area contributed by atoms with Crippen molar-refractivity contribution < 1.29 is 31.8 Å². The predicted molar refractivity (Wildman–Crippen MR) is 55.7 cm³/mol. The van der Waals surface area contributed by atoms with Gasteiger partial charge in [-0.15, -0.1) is 0 Å². The van der Waals surface area contributed by atoms with Crippen molar-refractivity contribution in [3.8, 4) is 5.75 Å². The summed E-state index contributed by atoms with van der Waals surface area (Å²) in [5.74, 6) is -7.84. The monoisotopic (exact) mass is 278 g/mol. The van der Waals surface area contributed by atoms with E-state index in [9.17, 15) is 22.4 Å². The molecule has 2 atom stereocenters. The van der Waals surface area contributed by atoms with Crippen molar-refractivity contribution in [1.82, 2.24) is 0 Å². The van der Waals surface area contributed by atoms with Crippen molar-refractivity contribution in [1.29, 1.82) is 0 Å². The molecule has 1 aromatic rings. The van der Waals surface area contributed by atoms with Gasteiger partial charge < -0.3 is 9.47 Å². The Balaban J connectivity index is 2.22. The third kappa shape index (κ3) is 2.42. The van der Waals surface area contributed by atoms with Crippen LogP contribution in [-0.4, -0.2) is 24.6 Å². The average molecular weight is 278 g/mol. The highest BCUT2D eigenvalue weighted by Crippen LogP contribution is 2.31. The highest BCUT2D eigenvalue weighted by molar-refractivity contribution is 5.90. The second kappa shape index (κ2) is 5.16. The van der Waals surface area contributed by atoms with Gasteiger partial charge >= 0.3 is 0 Å². The van der Waals surface area contributed by atoms with E-state index in [0.717, 1.165) is 0 Å². The van der Waals surface area contributed by atoms with Crippen LogP contribution in [0.25, 0.3) is 0 Å². The molecule has 0 saturated heterocycles. The highest BCUT2D eigenvalue weighted by Gasteiger charge is 2.43. The molecule has 0 amide bonds. The molecule has 1 aliphatic rings. The quantitative estimate of drug-likeness (QED) is 0.626. The molecular weight excluding hydrogens is 268 g/mol. The molecule has 0 aliphatic heterocycles. The Hall–Kier alpha value is -1.63. The Morgan fingerprint density at radius 3 is 2.26 bits per heavy atom. The van der Waals surface area contributed by atoms with Crippen LogP contribution in [0.2, 0.25) is 0 Å². The summed E-state index contributed by atoms with van der Waals surface area (Å²) in [5.41, 5.74) is 0. The molecule has 0 N–H and O–H groups in total. The number of halogens is 4. The molecule has 2 rings (SSSR count). The second-order valence-electron chi connectivity index (χ2n) is 4.00. The van der Waals surface area contributed by atoms with E-state index in [1.165, 1.54) is 0 Å². The van der Waals surface area contributed by atoms with Crippen molar-refractivity contribution >= 4 is 5.78 Å². The van der Waals surface area contributed by atoms with E-state index in [4.69, 9.17) is 9.47 Å². The van der Waals surface area contributed by atoms with E-state index >= 15 is 0 Å². The first-order valence-corrected chi connectivity index (χ1v) is 5.59. The van der Waals surface area contributed by atoms with Gasteiger partial charge in [-0.05, 0) is 6.92 Å². The maximum atomic E-state index is 13.3. The normalized spacial score (nSPS) is 22.3. The van der Waals surface area contributed by atoms with E-state index in [-0.39, 0.29) is 24.9 Å². The van der Waals surface area contributed by atoms with Crippen molar-refractivity contribution in [2.75, 3.05) is 6.61 Å². The van der Waals surface area contributed by atoms with E-state index in [1.54, 1.807) is 6.92 Å². The van der Waals surface area contributed by atoms with E-state index in [2.05, 4.69) is 0 Å². The molecule has 3 nitrogen and oxygen atoms in total. The Kier molecular flexibility index (Phi) is 3.75. The van der Waals surface area contributed by atoms with Crippen LogP contribution < -0.4 is 4.74 Å². The molecule has 0 aromatic heterocycles. The van der Waals surface area contributed by atoms with Gasteiger partial charge in [-0.2, -0.15) is 8.78 Å². The van der Waals surface area contributed by atoms with Crippen molar-refractivity contribution in [2.45, 2.75) is 25.6 Å². The summed E-state index contributed by atoms with van der Waals surface area (Å²) in [4.78, 5) is 11.2. The smallest absolute Gasteiger partial charge is 0.203 e. The van der Waals surface area contributed by atoms with Crippen LogP contribution in [0.4, 0.5) is 17.6 Å². The summed E-state index contributed by atoms with van der Waals surface area (Å²) in [6.45, 7) is 1.84. The molecule has 0 heterocycles. The summed E-state index contributed by atoms with van der Waals surface area (Å²) in [6, 6.07) is 0.0868. The van der Waals surface area contributed by atoms with Gasteiger partial charge in [0.2, 0.25) is 11.6 Å². The fraction of sp³-hybridized carbons (Fsp3) is 0.417. The Morgan fingerprint density at radius 1 is 1.21 bits per heavy atom. The van der Waals surface area contributed by atoms with Gasteiger partial charge in [0, 0.05) is 19.1 Å². The number of carbonyl (C=O) groups excluding carboxylic acids is 1. The number of rotatable bonds is 4. The zero-order valence-corrected chi connectivity index (χ0v) is 9.88. The third-order valence-corrected chi connectivity index (χ3v) is 2.74. The molecule has 1 fully saturated rings. The summed E-state index contributed by atoms with van der Waals surface area (Å²) in [5, 5.41) is 0. The van der Waals surface area contributed by atoms with Crippen LogP contribution in [0.3, 0.4) is 0 Å². The van der Waals surface area contributed by atoms with Gasteiger partial charge in [0.15, 0.2) is 29.3 Å². The largest absolute Gasteiger partial charge is 0.480 e. The van der Waals surface area contributed by atoms with Crippen LogP contribution in [-0.2, 0) is 9.53 Å². The minimum Gasteiger partial charge on any atom is -0.480 e. The average Bonchev–Trinajstić information content (AvgIpc) is 2.37. The number of ketones is 1. The molecule has 0 spiro atoms. The topological polar surface area (TPSA) is 35.5 Å². The van der Waals surface area contributed by atoms with Crippen LogP contribution in [0.1, 0.15) is 13.3 Å². The molecule has 104 valence electrons. The molecule has 2 unspecified atom stereocenters. The Bertz CT molecular complexity index is 492. The maximum Gasteiger partial charge on any atom is 0.203 e. The predicted octanol–water partition coefficient (Wildman–Crippen LogP) is 2.37. The van der Waals surface area contributed by atoms with E-state index in [0.29, 0.717) is 0 Å². The second-order valence-corrected chi connectivity index (χ2v) is 4.00. The number of ether oxygens (including phenoxy) is 2. The lowest BCUT2D eigenvalue weighted by Crippen LogP contribution is -2.52. The van der Waals surface area contributed by atoms with Gasteiger partial charge in [0.1, 0.15) is 6.10 Å². The number of carbonyl (C=O) groups is 1. The van der Waals surface area contributed by atoms with Gasteiger partial charge in [0.25, 0.3) is 0 Å². The number of Topliss-reactive ketones (excluding diaryl/α,β-unsaturated/α-hetero) is 1. The van der Waals surface area contributed by atoms with Gasteiger partial charge in [-0.3, -0.25) is 4.79 Å². The van der Waals surface area contributed by atoms with Crippen molar-refractivity contribution in [3.05, 3.63) is 29.3 Å². The molecule has 1 aliphatic carbocycles. The third-order valence-electron chi connectivity index (χ3n) is 2.74. The first-order valence-electron chi connectivity index (χ1n) is 5.59. The van der Waals surface area contributed by atoms with Crippen LogP contribution >= 0.6 is 0 Å². The van der Waals surface area contributed by atoms with Crippen LogP contribution in [0, 0.1) is 23.3 Å². The zero-order valence-electron chi connectivity index (χ0n) is 9.88. The van der Waals surface area contributed by atoms with Gasteiger partial charge in [-0.25, -0.2) is 8.78 Å². The van der Waals surface area contributed by atoms with Gasteiger partial charge in [0.05, 0.1) is 0 Å². The van der Waals surface area contributed by atoms with Crippen LogP contribution in [0.5, 0.6) is 5.75 Å². The molecule has 19 heavy (non-hydrogen) atoms. The number of benzene rings is 1. The molecular formula is C12H10F4O3. The molecule has 0 bridgehead atoms. The lowest BCUT2D eigenvalue weighted by molar-refractivity contribution is -0.154. The maximum absolute atomic E-state index is 13.3. The highest BCUT2D eigenvalue weighted by atomic mass is 19.2. The fourth-order valence-electron chi connectivity index (χ4n) is 1.76. The van der Waals surface area contributed by atoms with Crippen molar-refractivity contribution in [2.24, 2.45) is 0 Å². The molecule has 0 radical (unpaired) electrons. The van der Waals surface area contributed by atoms with E-state index in [1.807, 2.05) is 0 Å². The molecule has 7 heteroatoms. The zero-order chi connectivity index (χ0) is 14.2. The summed E-state index contributed by atoms with van der Waals surface area (Å²) >= 11 is 0. The minimum absolute atomic E-state index is 0.0868. The van der Waals surface area contributed by atoms with Gasteiger partial charge in [-0.1, -0.05) is 0 Å². The molecule has 1 saturated carbocycles. The van der Waals surface area contributed by atoms with Crippen molar-refractivity contribution in [3.63, 3.8) is 0 Å². The first kappa shape index (κ1) is 13.8. The Labute approximate surface area is 106 Å². The lowest BCUT2D eigenvalue weighted by atomic mass is 9.90. The van der Waals surface area contributed by atoms with Crippen LogP contribution in [0.15, 0.2) is 6.07 Å². The summed E-state index contributed by atoms with van der Waals surface area (Å²) in [6.07, 6.45) is -2.03. The standard InChI is InChI=1S/C12H10F4O3/c1-2-18-11-7(17)4-8(11)19-12-9(15)5(13)3-6(14)10(12)16/h3,8,11H,2,4H2,1H3.